The molecule has 1 amide bonds. The van der Waals surface area contributed by atoms with Crippen molar-refractivity contribution in [3.8, 4) is 5.75 Å². The molecule has 0 bridgehead atoms. The molecule has 29 heavy (non-hydrogen) atoms. The van der Waals surface area contributed by atoms with Crippen LogP contribution in [-0.4, -0.2) is 17.5 Å². The van der Waals surface area contributed by atoms with Gasteiger partial charge in [0.2, 0.25) is 0 Å². The largest absolute Gasteiger partial charge is 0.491 e. The van der Waals surface area contributed by atoms with Crippen LogP contribution in [0.25, 0.3) is 11.0 Å². The predicted molar refractivity (Wildman–Crippen MR) is 110 cm³/mol. The lowest BCUT2D eigenvalue weighted by atomic mass is 9.81. The lowest BCUT2D eigenvalue weighted by Crippen LogP contribution is -2.50. The molecule has 0 unspecified atom stereocenters. The van der Waals surface area contributed by atoms with E-state index in [1.165, 1.54) is 0 Å². The fourth-order valence-electron chi connectivity index (χ4n) is 3.92. The minimum Gasteiger partial charge on any atom is -0.491 e. The quantitative estimate of drug-likeness (QED) is 0.561. The predicted octanol–water partition coefficient (Wildman–Crippen LogP) is 4.59. The second-order valence-corrected chi connectivity index (χ2v) is 7.32. The van der Waals surface area contributed by atoms with Crippen molar-refractivity contribution in [2.45, 2.75) is 18.9 Å². The zero-order chi connectivity index (χ0) is 19.8. The van der Waals surface area contributed by atoms with Crippen molar-refractivity contribution >= 4 is 16.9 Å². The molecule has 0 spiro atoms. The number of carbonyl (C=O) groups excluding carboxylic acids is 1. The van der Waals surface area contributed by atoms with E-state index < -0.39 is 5.54 Å². The van der Waals surface area contributed by atoms with Crippen LogP contribution < -0.4 is 10.1 Å². The van der Waals surface area contributed by atoms with E-state index in [4.69, 9.17) is 9.15 Å². The topological polar surface area (TPSA) is 64.4 Å². The number of aromatic nitrogens is 1. The first-order valence-electron chi connectivity index (χ1n) is 9.62. The van der Waals surface area contributed by atoms with Gasteiger partial charge in [-0.3, -0.25) is 9.78 Å². The number of pyridine rings is 1. The highest BCUT2D eigenvalue weighted by molar-refractivity contribution is 5.96. The Morgan fingerprint density at radius 3 is 2.72 bits per heavy atom. The van der Waals surface area contributed by atoms with E-state index in [-0.39, 0.29) is 11.7 Å². The van der Waals surface area contributed by atoms with Crippen LogP contribution in [0, 0.1) is 6.92 Å². The molecular formula is C24H20N2O3. The molecule has 1 atom stereocenters. The number of carbonyl (C=O) groups is 1. The number of ether oxygens (including phenoxy) is 1. The molecule has 0 aliphatic carbocycles. The first-order valence-corrected chi connectivity index (χ1v) is 9.62. The smallest absolute Gasteiger partial charge is 0.288 e. The van der Waals surface area contributed by atoms with Gasteiger partial charge >= 0.3 is 0 Å². The SMILES string of the molecule is Cc1ccc([C@@]2(NC(=O)c3cc4ccccc4o3)CCOc3cccnc32)cc1. The second kappa shape index (κ2) is 6.78. The third-order valence-electron chi connectivity index (χ3n) is 5.43. The van der Waals surface area contributed by atoms with Gasteiger partial charge in [0.1, 0.15) is 22.6 Å². The number of hydrogen-bond donors (Lipinski definition) is 1. The lowest BCUT2D eigenvalue weighted by Gasteiger charge is -2.38. The summed E-state index contributed by atoms with van der Waals surface area (Å²) >= 11 is 0. The maximum atomic E-state index is 13.3. The number of hydrogen-bond acceptors (Lipinski definition) is 4. The molecule has 0 radical (unpaired) electrons. The van der Waals surface area contributed by atoms with Gasteiger partial charge in [0.05, 0.1) is 6.61 Å². The summed E-state index contributed by atoms with van der Waals surface area (Å²) in [7, 11) is 0. The van der Waals surface area contributed by atoms with Gasteiger partial charge in [-0.2, -0.15) is 0 Å². The number of benzene rings is 2. The van der Waals surface area contributed by atoms with Crippen LogP contribution in [0.5, 0.6) is 5.75 Å². The Kier molecular flexibility index (Phi) is 4.09. The summed E-state index contributed by atoms with van der Waals surface area (Å²) in [6.45, 7) is 2.52. The van der Waals surface area contributed by atoms with Gasteiger partial charge < -0.3 is 14.5 Å². The van der Waals surface area contributed by atoms with Crippen LogP contribution in [0.4, 0.5) is 0 Å². The van der Waals surface area contributed by atoms with Crippen molar-refractivity contribution in [2.75, 3.05) is 6.61 Å². The van der Waals surface area contributed by atoms with E-state index in [0.717, 1.165) is 16.5 Å². The van der Waals surface area contributed by atoms with E-state index in [9.17, 15) is 4.79 Å². The number of fused-ring (bicyclic) bond motifs is 2. The van der Waals surface area contributed by atoms with E-state index in [0.29, 0.717) is 30.1 Å². The zero-order valence-electron chi connectivity index (χ0n) is 16.0. The van der Waals surface area contributed by atoms with Crippen molar-refractivity contribution in [3.63, 3.8) is 0 Å². The van der Waals surface area contributed by atoms with Crippen LogP contribution >= 0.6 is 0 Å². The van der Waals surface area contributed by atoms with Crippen molar-refractivity contribution in [2.24, 2.45) is 0 Å². The summed E-state index contributed by atoms with van der Waals surface area (Å²) in [4.78, 5) is 17.9. The highest BCUT2D eigenvalue weighted by Crippen LogP contribution is 2.40. The normalized spacial score (nSPS) is 18.1. The fraction of sp³-hybridized carbons (Fsp3) is 0.167. The first-order chi connectivity index (χ1) is 14.2. The molecule has 0 saturated carbocycles. The molecule has 0 saturated heterocycles. The Labute approximate surface area is 168 Å². The summed E-state index contributed by atoms with van der Waals surface area (Å²) in [5.41, 5.74) is 2.72. The Morgan fingerprint density at radius 2 is 1.90 bits per heavy atom. The highest BCUT2D eigenvalue weighted by Gasteiger charge is 2.42. The van der Waals surface area contributed by atoms with Crippen LogP contribution in [0.15, 0.2) is 77.3 Å². The number of aryl methyl sites for hydroxylation is 1. The fourth-order valence-corrected chi connectivity index (χ4v) is 3.92. The van der Waals surface area contributed by atoms with Gasteiger partial charge in [0.15, 0.2) is 5.76 Å². The van der Waals surface area contributed by atoms with Crippen molar-refractivity contribution in [1.29, 1.82) is 0 Å². The zero-order valence-corrected chi connectivity index (χ0v) is 16.0. The minimum absolute atomic E-state index is 0.278. The molecule has 1 aliphatic rings. The molecular weight excluding hydrogens is 364 g/mol. The number of amides is 1. The van der Waals surface area contributed by atoms with Gasteiger partial charge in [0.25, 0.3) is 5.91 Å². The molecule has 5 rings (SSSR count). The van der Waals surface area contributed by atoms with E-state index in [1.807, 2.05) is 67.6 Å². The lowest BCUT2D eigenvalue weighted by molar-refractivity contribution is 0.0857. The number of nitrogens with zero attached hydrogens (tertiary/aromatic N) is 1. The van der Waals surface area contributed by atoms with Crippen LogP contribution in [0.2, 0.25) is 0 Å². The molecule has 1 aliphatic heterocycles. The number of nitrogens with one attached hydrogen (secondary N) is 1. The molecule has 5 heteroatoms. The van der Waals surface area contributed by atoms with Gasteiger partial charge in [-0.25, -0.2) is 0 Å². The third kappa shape index (κ3) is 2.95. The first kappa shape index (κ1) is 17.5. The van der Waals surface area contributed by atoms with Crippen LogP contribution in [0.1, 0.15) is 33.8 Å². The Morgan fingerprint density at radius 1 is 1.07 bits per heavy atom. The van der Waals surface area contributed by atoms with Crippen LogP contribution in [-0.2, 0) is 5.54 Å². The van der Waals surface area contributed by atoms with Gasteiger partial charge in [-0.05, 0) is 36.8 Å². The molecule has 2 aromatic heterocycles. The Balaban J connectivity index is 1.61. The van der Waals surface area contributed by atoms with E-state index in [2.05, 4.69) is 10.3 Å². The average molecular weight is 384 g/mol. The Bertz CT molecular complexity index is 1160. The van der Waals surface area contributed by atoms with Gasteiger partial charge in [-0.1, -0.05) is 48.0 Å². The highest BCUT2D eigenvalue weighted by atomic mass is 16.5. The van der Waals surface area contributed by atoms with E-state index >= 15 is 0 Å². The second-order valence-electron chi connectivity index (χ2n) is 7.32. The maximum absolute atomic E-state index is 13.3. The molecule has 4 aromatic rings. The van der Waals surface area contributed by atoms with Gasteiger partial charge in [0, 0.05) is 18.0 Å². The Hall–Kier alpha value is -3.60. The maximum Gasteiger partial charge on any atom is 0.288 e. The molecule has 1 N–H and O–H groups in total. The summed E-state index contributed by atoms with van der Waals surface area (Å²) < 4.78 is 11.6. The van der Waals surface area contributed by atoms with Crippen molar-refractivity contribution in [1.82, 2.24) is 10.3 Å². The molecule has 5 nitrogen and oxygen atoms in total. The van der Waals surface area contributed by atoms with Crippen molar-refractivity contribution < 1.29 is 13.9 Å². The standard InChI is InChI=1S/C24H20N2O3/c1-16-8-10-18(11-9-16)24(12-14-28-20-7-4-13-25-22(20)24)26-23(27)21-15-17-5-2-3-6-19(17)29-21/h2-11,13,15H,12,14H2,1H3,(H,26,27)/t24-/m0/s1. The average Bonchev–Trinajstić information content (AvgIpc) is 3.19. The third-order valence-corrected chi connectivity index (χ3v) is 5.43. The summed E-state index contributed by atoms with van der Waals surface area (Å²) in [5.74, 6) is 0.686. The molecule has 2 aromatic carbocycles. The summed E-state index contributed by atoms with van der Waals surface area (Å²) in [6, 6.07) is 21.3. The van der Waals surface area contributed by atoms with E-state index in [1.54, 1.807) is 12.3 Å². The molecule has 144 valence electrons. The van der Waals surface area contributed by atoms with Crippen molar-refractivity contribution in [3.05, 3.63) is 95.5 Å². The number of furan rings is 1. The number of para-hydroxylation sites is 1. The molecule has 3 heterocycles. The van der Waals surface area contributed by atoms with Crippen LogP contribution in [0.3, 0.4) is 0 Å². The minimum atomic E-state index is -0.793. The van der Waals surface area contributed by atoms with Gasteiger partial charge in [-0.15, -0.1) is 0 Å². The summed E-state index contributed by atoms with van der Waals surface area (Å²) in [6.07, 6.45) is 2.30. The summed E-state index contributed by atoms with van der Waals surface area (Å²) in [5, 5.41) is 4.12. The monoisotopic (exact) mass is 384 g/mol. The molecule has 0 fully saturated rings. The number of rotatable bonds is 3.